The van der Waals surface area contributed by atoms with E-state index in [-0.39, 0.29) is 6.04 Å². The molecule has 0 radical (unpaired) electrons. The normalized spacial score (nSPS) is 18.7. The smallest absolute Gasteiger partial charge is 0.0603 e. The third kappa shape index (κ3) is 1.73. The summed E-state index contributed by atoms with van der Waals surface area (Å²) in [6.07, 6.45) is 4.46. The van der Waals surface area contributed by atoms with Gasteiger partial charge in [-0.1, -0.05) is 6.07 Å². The van der Waals surface area contributed by atoms with Gasteiger partial charge in [-0.25, -0.2) is 0 Å². The Bertz CT molecular complexity index is 316. The van der Waals surface area contributed by atoms with Gasteiger partial charge >= 0.3 is 0 Å². The minimum Gasteiger partial charge on any atom is -0.322 e. The number of hydrogen-bond donors (Lipinski definition) is 1. The molecule has 1 aliphatic rings. The Morgan fingerprint density at radius 2 is 2.15 bits per heavy atom. The van der Waals surface area contributed by atoms with E-state index < -0.39 is 0 Å². The Hall–Kier alpha value is -0.890. The van der Waals surface area contributed by atoms with Crippen molar-refractivity contribution in [1.82, 2.24) is 4.98 Å². The highest BCUT2D eigenvalue weighted by Gasteiger charge is 2.30. The summed E-state index contributed by atoms with van der Waals surface area (Å²) in [6.45, 7) is 4.16. The third-order valence-electron chi connectivity index (χ3n) is 2.70. The van der Waals surface area contributed by atoms with Crippen molar-refractivity contribution in [2.45, 2.75) is 32.7 Å². The predicted molar refractivity (Wildman–Crippen MR) is 53.4 cm³/mol. The van der Waals surface area contributed by atoms with Crippen LogP contribution in [0.5, 0.6) is 0 Å². The zero-order valence-electron chi connectivity index (χ0n) is 8.25. The number of nitrogens with zero attached hydrogens (tertiary/aromatic N) is 1. The summed E-state index contributed by atoms with van der Waals surface area (Å²) in [7, 11) is 0. The van der Waals surface area contributed by atoms with E-state index in [2.05, 4.69) is 24.9 Å². The van der Waals surface area contributed by atoms with Crippen molar-refractivity contribution in [2.24, 2.45) is 11.7 Å². The Balaban J connectivity index is 2.28. The van der Waals surface area contributed by atoms with Gasteiger partial charge < -0.3 is 5.73 Å². The molecular weight excluding hydrogens is 160 g/mol. The van der Waals surface area contributed by atoms with E-state index in [9.17, 15) is 0 Å². The lowest BCUT2D eigenvalue weighted by Crippen LogP contribution is -2.15. The van der Waals surface area contributed by atoms with Crippen LogP contribution < -0.4 is 5.73 Å². The topological polar surface area (TPSA) is 38.9 Å². The van der Waals surface area contributed by atoms with Gasteiger partial charge in [0, 0.05) is 6.20 Å². The molecule has 1 aromatic rings. The fourth-order valence-corrected chi connectivity index (χ4v) is 1.75. The van der Waals surface area contributed by atoms with Crippen LogP contribution in [0.4, 0.5) is 0 Å². The molecular formula is C11H16N2. The first kappa shape index (κ1) is 8.70. The van der Waals surface area contributed by atoms with Gasteiger partial charge in [0.1, 0.15) is 0 Å². The number of rotatable bonds is 2. The molecule has 1 unspecified atom stereocenters. The maximum Gasteiger partial charge on any atom is 0.0603 e. The van der Waals surface area contributed by atoms with E-state index >= 15 is 0 Å². The Morgan fingerprint density at radius 1 is 1.46 bits per heavy atom. The van der Waals surface area contributed by atoms with Gasteiger partial charge in [0.25, 0.3) is 0 Å². The first-order valence-corrected chi connectivity index (χ1v) is 4.87. The van der Waals surface area contributed by atoms with Crippen molar-refractivity contribution in [1.29, 1.82) is 0 Å². The van der Waals surface area contributed by atoms with Crippen LogP contribution in [0.25, 0.3) is 0 Å². The van der Waals surface area contributed by atoms with Gasteiger partial charge in [-0.05, 0) is 43.7 Å². The van der Waals surface area contributed by atoms with Crippen molar-refractivity contribution in [3.05, 3.63) is 29.1 Å². The average molecular weight is 176 g/mol. The third-order valence-corrected chi connectivity index (χ3v) is 2.70. The molecule has 0 amide bonds. The van der Waals surface area contributed by atoms with Gasteiger partial charge in [-0.2, -0.15) is 0 Å². The molecule has 13 heavy (non-hydrogen) atoms. The van der Waals surface area contributed by atoms with Crippen molar-refractivity contribution < 1.29 is 0 Å². The molecule has 1 aliphatic carbocycles. The monoisotopic (exact) mass is 176 g/mol. The van der Waals surface area contributed by atoms with Crippen LogP contribution in [0.3, 0.4) is 0 Å². The molecule has 0 saturated heterocycles. The quantitative estimate of drug-likeness (QED) is 0.749. The lowest BCUT2D eigenvalue weighted by molar-refractivity contribution is 0.610. The number of aromatic nitrogens is 1. The van der Waals surface area contributed by atoms with E-state index in [0.717, 1.165) is 5.69 Å². The Morgan fingerprint density at radius 3 is 2.69 bits per heavy atom. The molecule has 0 bridgehead atoms. The molecule has 2 rings (SSSR count). The van der Waals surface area contributed by atoms with Gasteiger partial charge in [0.2, 0.25) is 0 Å². The van der Waals surface area contributed by atoms with Crippen LogP contribution in [-0.4, -0.2) is 4.98 Å². The highest BCUT2D eigenvalue weighted by atomic mass is 14.8. The molecule has 2 N–H and O–H groups in total. The van der Waals surface area contributed by atoms with Crippen molar-refractivity contribution >= 4 is 0 Å². The summed E-state index contributed by atoms with van der Waals surface area (Å²) >= 11 is 0. The second kappa shape index (κ2) is 3.11. The summed E-state index contributed by atoms with van der Waals surface area (Å²) in [6, 6.07) is 2.32. The van der Waals surface area contributed by atoms with Crippen molar-refractivity contribution in [2.75, 3.05) is 0 Å². The van der Waals surface area contributed by atoms with E-state index in [4.69, 9.17) is 5.73 Å². The second-order valence-corrected chi connectivity index (χ2v) is 4.08. The van der Waals surface area contributed by atoms with Gasteiger partial charge in [0.05, 0.1) is 11.7 Å². The van der Waals surface area contributed by atoms with Crippen LogP contribution in [0.1, 0.15) is 35.7 Å². The molecule has 0 aliphatic heterocycles. The Kier molecular flexibility index (Phi) is 2.08. The number of hydrogen-bond acceptors (Lipinski definition) is 2. The lowest BCUT2D eigenvalue weighted by atomic mass is 10.0. The van der Waals surface area contributed by atoms with E-state index in [1.54, 1.807) is 0 Å². The molecule has 2 nitrogen and oxygen atoms in total. The van der Waals surface area contributed by atoms with Crippen LogP contribution in [0.15, 0.2) is 12.3 Å². The fraction of sp³-hybridized carbons (Fsp3) is 0.545. The van der Waals surface area contributed by atoms with Crippen LogP contribution >= 0.6 is 0 Å². The molecule has 0 aromatic carbocycles. The lowest BCUT2D eigenvalue weighted by Gasteiger charge is -2.12. The zero-order valence-corrected chi connectivity index (χ0v) is 8.25. The van der Waals surface area contributed by atoms with Crippen LogP contribution in [-0.2, 0) is 0 Å². The standard InChI is InChI=1S/C11H16N2/c1-7-5-8(2)11(13-6-7)10(12)9-3-4-9/h5-6,9-10H,3-4,12H2,1-2H3. The molecule has 2 heteroatoms. The Labute approximate surface area is 79.2 Å². The highest BCUT2D eigenvalue weighted by molar-refractivity contribution is 5.26. The van der Waals surface area contributed by atoms with E-state index in [0.29, 0.717) is 5.92 Å². The van der Waals surface area contributed by atoms with Gasteiger partial charge in [-0.15, -0.1) is 0 Å². The van der Waals surface area contributed by atoms with Crippen LogP contribution in [0.2, 0.25) is 0 Å². The second-order valence-electron chi connectivity index (χ2n) is 4.08. The minimum absolute atomic E-state index is 0.167. The first-order valence-electron chi connectivity index (χ1n) is 4.87. The largest absolute Gasteiger partial charge is 0.322 e. The SMILES string of the molecule is Cc1cnc(C(N)C2CC2)c(C)c1. The van der Waals surface area contributed by atoms with Gasteiger partial charge in [-0.3, -0.25) is 4.98 Å². The molecule has 1 heterocycles. The van der Waals surface area contributed by atoms with Crippen molar-refractivity contribution in [3.63, 3.8) is 0 Å². The average Bonchev–Trinajstić information content (AvgIpc) is 2.85. The number of pyridine rings is 1. The van der Waals surface area contributed by atoms with Crippen molar-refractivity contribution in [3.8, 4) is 0 Å². The molecule has 1 aromatic heterocycles. The summed E-state index contributed by atoms with van der Waals surface area (Å²) in [4.78, 5) is 4.41. The number of aryl methyl sites for hydroxylation is 2. The zero-order chi connectivity index (χ0) is 9.42. The van der Waals surface area contributed by atoms with E-state index in [1.807, 2.05) is 6.20 Å². The fourth-order valence-electron chi connectivity index (χ4n) is 1.75. The summed E-state index contributed by atoms with van der Waals surface area (Å²) in [5, 5.41) is 0. The summed E-state index contributed by atoms with van der Waals surface area (Å²) < 4.78 is 0. The minimum atomic E-state index is 0.167. The molecule has 70 valence electrons. The molecule has 0 spiro atoms. The molecule has 1 atom stereocenters. The maximum absolute atomic E-state index is 6.09. The maximum atomic E-state index is 6.09. The molecule has 1 fully saturated rings. The highest BCUT2D eigenvalue weighted by Crippen LogP contribution is 2.39. The van der Waals surface area contributed by atoms with Gasteiger partial charge in [0.15, 0.2) is 0 Å². The predicted octanol–water partition coefficient (Wildman–Crippen LogP) is 2.11. The van der Waals surface area contributed by atoms with Crippen LogP contribution in [0, 0.1) is 19.8 Å². The van der Waals surface area contributed by atoms with E-state index in [1.165, 1.54) is 24.0 Å². The summed E-state index contributed by atoms with van der Waals surface area (Å²) in [5.41, 5.74) is 9.63. The summed E-state index contributed by atoms with van der Waals surface area (Å²) in [5.74, 6) is 0.689. The molecule has 1 saturated carbocycles. The number of nitrogens with two attached hydrogens (primary N) is 1. The first-order chi connectivity index (χ1) is 6.18.